The molecular weight excluding hydrogens is 368 g/mol. The van der Waals surface area contributed by atoms with Gasteiger partial charge in [0.15, 0.2) is 0 Å². The minimum absolute atomic E-state index is 0.943. The van der Waals surface area contributed by atoms with Crippen LogP contribution in [0.2, 0.25) is 0 Å². The SMILES string of the molecule is CC1=C(C)CN(c2ccnc3c2ccc2c(N4Cc5ccccc5C4)ccnc23)C1. The van der Waals surface area contributed by atoms with Crippen molar-refractivity contribution in [3.63, 3.8) is 0 Å². The summed E-state index contributed by atoms with van der Waals surface area (Å²) in [6.45, 7) is 8.33. The molecule has 0 amide bonds. The molecule has 0 spiro atoms. The quantitative estimate of drug-likeness (QED) is 0.335. The van der Waals surface area contributed by atoms with E-state index in [4.69, 9.17) is 9.97 Å². The van der Waals surface area contributed by atoms with Gasteiger partial charge in [0.25, 0.3) is 0 Å². The van der Waals surface area contributed by atoms with Crippen LogP contribution >= 0.6 is 0 Å². The molecule has 4 nitrogen and oxygen atoms in total. The van der Waals surface area contributed by atoms with Gasteiger partial charge >= 0.3 is 0 Å². The van der Waals surface area contributed by atoms with Crippen molar-refractivity contribution >= 4 is 33.2 Å². The monoisotopic (exact) mass is 392 g/mol. The van der Waals surface area contributed by atoms with Gasteiger partial charge in [0.1, 0.15) is 0 Å². The molecule has 0 bridgehead atoms. The predicted molar refractivity (Wildman–Crippen MR) is 124 cm³/mol. The van der Waals surface area contributed by atoms with Crippen LogP contribution in [0.5, 0.6) is 0 Å². The van der Waals surface area contributed by atoms with Crippen molar-refractivity contribution in [2.45, 2.75) is 26.9 Å². The molecule has 4 aromatic rings. The molecule has 2 aliphatic heterocycles. The number of anilines is 2. The van der Waals surface area contributed by atoms with E-state index in [0.717, 1.165) is 37.2 Å². The van der Waals surface area contributed by atoms with E-state index in [-0.39, 0.29) is 0 Å². The van der Waals surface area contributed by atoms with Gasteiger partial charge in [-0.2, -0.15) is 0 Å². The number of pyridine rings is 2. The lowest BCUT2D eigenvalue weighted by atomic mass is 10.1. The first-order chi connectivity index (χ1) is 14.7. The smallest absolute Gasteiger partial charge is 0.0986 e. The summed E-state index contributed by atoms with van der Waals surface area (Å²) in [5, 5.41) is 2.36. The fourth-order valence-electron chi connectivity index (χ4n) is 4.92. The van der Waals surface area contributed by atoms with Gasteiger partial charge in [-0.1, -0.05) is 35.4 Å². The molecule has 0 N–H and O–H groups in total. The third-order valence-electron chi connectivity index (χ3n) is 6.68. The number of hydrogen-bond acceptors (Lipinski definition) is 4. The second-order valence-corrected chi connectivity index (χ2v) is 8.56. The van der Waals surface area contributed by atoms with Crippen molar-refractivity contribution in [3.05, 3.63) is 83.2 Å². The number of aromatic nitrogens is 2. The van der Waals surface area contributed by atoms with Crippen LogP contribution in [0.3, 0.4) is 0 Å². The Kier molecular flexibility index (Phi) is 3.82. The van der Waals surface area contributed by atoms with Crippen LogP contribution in [0.15, 0.2) is 72.1 Å². The Hall–Kier alpha value is -3.40. The van der Waals surface area contributed by atoms with Gasteiger partial charge in [0.05, 0.1) is 11.0 Å². The van der Waals surface area contributed by atoms with Crippen LogP contribution in [-0.4, -0.2) is 23.1 Å². The highest BCUT2D eigenvalue weighted by Crippen LogP contribution is 2.37. The molecule has 0 atom stereocenters. The summed E-state index contributed by atoms with van der Waals surface area (Å²) in [7, 11) is 0. The summed E-state index contributed by atoms with van der Waals surface area (Å²) < 4.78 is 0. The van der Waals surface area contributed by atoms with Crippen LogP contribution < -0.4 is 9.80 Å². The molecule has 30 heavy (non-hydrogen) atoms. The van der Waals surface area contributed by atoms with Gasteiger partial charge in [-0.3, -0.25) is 9.97 Å². The van der Waals surface area contributed by atoms with Crippen LogP contribution in [0, 0.1) is 0 Å². The average Bonchev–Trinajstić information content (AvgIpc) is 3.35. The zero-order valence-electron chi connectivity index (χ0n) is 17.4. The Morgan fingerprint density at radius 2 is 1.07 bits per heavy atom. The van der Waals surface area contributed by atoms with Crippen molar-refractivity contribution in [1.82, 2.24) is 9.97 Å². The topological polar surface area (TPSA) is 32.3 Å². The maximum absolute atomic E-state index is 4.77. The van der Waals surface area contributed by atoms with Gasteiger partial charge in [0.2, 0.25) is 0 Å². The molecule has 4 heteroatoms. The lowest BCUT2D eigenvalue weighted by Crippen LogP contribution is -2.20. The minimum Gasteiger partial charge on any atom is -0.363 e. The van der Waals surface area contributed by atoms with E-state index in [1.165, 1.54) is 44.4 Å². The number of fused-ring (bicyclic) bond motifs is 4. The summed E-state index contributed by atoms with van der Waals surface area (Å²) in [5.74, 6) is 0. The third-order valence-corrected chi connectivity index (χ3v) is 6.68. The Labute approximate surface area is 176 Å². The Morgan fingerprint density at radius 3 is 1.57 bits per heavy atom. The predicted octanol–water partition coefficient (Wildman–Crippen LogP) is 5.46. The Balaban J connectivity index is 1.47. The molecule has 148 valence electrons. The highest BCUT2D eigenvalue weighted by molar-refractivity contribution is 6.10. The van der Waals surface area contributed by atoms with Gasteiger partial charge in [0, 0.05) is 60.7 Å². The number of hydrogen-bond donors (Lipinski definition) is 0. The molecule has 0 saturated heterocycles. The van der Waals surface area contributed by atoms with Crippen molar-refractivity contribution in [3.8, 4) is 0 Å². The summed E-state index contributed by atoms with van der Waals surface area (Å²) in [5.41, 5.74) is 10.2. The molecule has 2 aliphatic rings. The van der Waals surface area contributed by atoms with E-state index in [2.05, 4.69) is 72.2 Å². The van der Waals surface area contributed by atoms with E-state index < -0.39 is 0 Å². The second-order valence-electron chi connectivity index (χ2n) is 8.56. The zero-order chi connectivity index (χ0) is 20.2. The maximum atomic E-state index is 4.77. The van der Waals surface area contributed by atoms with E-state index >= 15 is 0 Å². The van der Waals surface area contributed by atoms with E-state index in [1.807, 2.05) is 12.4 Å². The first-order valence-electron chi connectivity index (χ1n) is 10.6. The number of nitrogens with zero attached hydrogens (tertiary/aromatic N) is 4. The molecular formula is C26H24N4. The fourth-order valence-corrected chi connectivity index (χ4v) is 4.92. The van der Waals surface area contributed by atoms with Crippen LogP contribution in [0.4, 0.5) is 11.4 Å². The Bertz CT molecular complexity index is 1300. The minimum atomic E-state index is 0.943. The van der Waals surface area contributed by atoms with Gasteiger partial charge in [-0.15, -0.1) is 0 Å². The summed E-state index contributed by atoms with van der Waals surface area (Å²) in [6, 6.07) is 17.5. The highest BCUT2D eigenvalue weighted by atomic mass is 15.2. The zero-order valence-corrected chi connectivity index (χ0v) is 17.4. The molecule has 4 heterocycles. The molecule has 2 aromatic heterocycles. The van der Waals surface area contributed by atoms with Gasteiger partial charge in [-0.25, -0.2) is 0 Å². The van der Waals surface area contributed by atoms with E-state index in [9.17, 15) is 0 Å². The van der Waals surface area contributed by atoms with Gasteiger partial charge in [-0.05, 0) is 49.2 Å². The van der Waals surface area contributed by atoms with Crippen molar-refractivity contribution in [2.24, 2.45) is 0 Å². The standard InChI is InChI=1S/C26H24N4/c1-17-13-29(14-18(17)2)23-9-11-27-25-21(23)7-8-22-24(10-12-28-26(22)25)30-15-19-5-3-4-6-20(19)16-30/h3-12H,13-16H2,1-2H3. The van der Waals surface area contributed by atoms with Crippen LogP contribution in [-0.2, 0) is 13.1 Å². The molecule has 6 rings (SSSR count). The van der Waals surface area contributed by atoms with Crippen LogP contribution in [0.1, 0.15) is 25.0 Å². The van der Waals surface area contributed by atoms with Crippen molar-refractivity contribution in [1.29, 1.82) is 0 Å². The lowest BCUT2D eigenvalue weighted by Gasteiger charge is -2.22. The highest BCUT2D eigenvalue weighted by Gasteiger charge is 2.22. The van der Waals surface area contributed by atoms with Crippen molar-refractivity contribution in [2.75, 3.05) is 22.9 Å². The first-order valence-corrected chi connectivity index (χ1v) is 10.6. The molecule has 0 fully saturated rings. The fraction of sp³-hybridized carbons (Fsp3) is 0.231. The lowest BCUT2D eigenvalue weighted by molar-refractivity contribution is 0.884. The maximum Gasteiger partial charge on any atom is 0.0986 e. The van der Waals surface area contributed by atoms with Gasteiger partial charge < -0.3 is 9.80 Å². The summed E-state index contributed by atoms with van der Waals surface area (Å²) in [4.78, 5) is 14.4. The molecule has 0 aliphatic carbocycles. The molecule has 2 aromatic carbocycles. The normalized spacial score (nSPS) is 16.2. The first kappa shape index (κ1) is 17.5. The number of benzene rings is 2. The second kappa shape index (κ2) is 6.56. The average molecular weight is 393 g/mol. The summed E-state index contributed by atoms with van der Waals surface area (Å²) >= 11 is 0. The molecule has 0 saturated carbocycles. The molecule has 0 unspecified atom stereocenters. The van der Waals surface area contributed by atoms with Crippen molar-refractivity contribution < 1.29 is 0 Å². The largest absolute Gasteiger partial charge is 0.363 e. The third kappa shape index (κ3) is 2.60. The summed E-state index contributed by atoms with van der Waals surface area (Å²) in [6.07, 6.45) is 3.86. The van der Waals surface area contributed by atoms with E-state index in [0.29, 0.717) is 0 Å². The number of rotatable bonds is 2. The molecule has 0 radical (unpaired) electrons. The van der Waals surface area contributed by atoms with Crippen LogP contribution in [0.25, 0.3) is 21.8 Å². The Morgan fingerprint density at radius 1 is 0.600 bits per heavy atom. The van der Waals surface area contributed by atoms with E-state index in [1.54, 1.807) is 0 Å².